The molecule has 4 heteroatoms. The van der Waals surface area contributed by atoms with Crippen molar-refractivity contribution in [1.29, 1.82) is 0 Å². The van der Waals surface area contributed by atoms with Gasteiger partial charge in [-0.05, 0) is 47.8 Å². The summed E-state index contributed by atoms with van der Waals surface area (Å²) in [6, 6.07) is 1.90. The van der Waals surface area contributed by atoms with Gasteiger partial charge in [-0.1, -0.05) is 6.92 Å². The van der Waals surface area contributed by atoms with Crippen molar-refractivity contribution in [1.82, 2.24) is 5.32 Å². The van der Waals surface area contributed by atoms with Gasteiger partial charge in [0.1, 0.15) is 0 Å². The number of carbonyl (C=O) groups is 1. The van der Waals surface area contributed by atoms with E-state index in [9.17, 15) is 4.79 Å². The normalized spacial score (nSPS) is 11.7. The van der Waals surface area contributed by atoms with E-state index in [2.05, 4.69) is 21.2 Å². The number of hydrogen-bond acceptors (Lipinski definition) is 3. The number of Topliss-reactive ketones (excluding diaryl/α,β-unsaturated/α-hetero) is 1. The van der Waals surface area contributed by atoms with E-state index in [-0.39, 0.29) is 5.78 Å². The molecule has 1 heterocycles. The summed E-state index contributed by atoms with van der Waals surface area (Å²) < 4.78 is 0.887. The fourth-order valence-corrected chi connectivity index (χ4v) is 2.91. The first-order valence-corrected chi connectivity index (χ1v) is 6.19. The fraction of sp³-hybridized carbons (Fsp3) is 0.500. The highest BCUT2D eigenvalue weighted by molar-refractivity contribution is 9.10. The van der Waals surface area contributed by atoms with Crippen LogP contribution in [0.2, 0.25) is 0 Å². The molecular formula is C10H14BrNOS. The lowest BCUT2D eigenvalue weighted by Gasteiger charge is -2.23. The fourth-order valence-electron chi connectivity index (χ4n) is 1.26. The molecule has 78 valence electrons. The zero-order chi connectivity index (χ0) is 10.8. The molecule has 1 aromatic rings. The van der Waals surface area contributed by atoms with Gasteiger partial charge >= 0.3 is 0 Å². The molecule has 0 aliphatic rings. The molecule has 1 rings (SSSR count). The average Bonchev–Trinajstić information content (AvgIpc) is 2.50. The molecule has 0 aromatic carbocycles. The van der Waals surface area contributed by atoms with Gasteiger partial charge in [0, 0.05) is 4.47 Å². The predicted molar refractivity (Wildman–Crippen MR) is 64.1 cm³/mol. The molecule has 0 radical (unpaired) electrons. The molecule has 0 unspecified atom stereocenters. The van der Waals surface area contributed by atoms with Crippen molar-refractivity contribution in [2.45, 2.75) is 26.3 Å². The van der Waals surface area contributed by atoms with Gasteiger partial charge in [0.05, 0.1) is 10.4 Å². The van der Waals surface area contributed by atoms with Crippen molar-refractivity contribution in [2.75, 3.05) is 6.54 Å². The standard InChI is InChI=1S/C10H14BrNOS/c1-4-12-10(2,3)9(13)8-7(11)5-6-14-8/h5-6,12H,4H2,1-3H3. The Kier molecular flexibility index (Phi) is 3.86. The molecule has 0 aliphatic carbocycles. The lowest BCUT2D eigenvalue weighted by Crippen LogP contribution is -2.46. The number of thiophene rings is 1. The van der Waals surface area contributed by atoms with E-state index in [0.29, 0.717) is 0 Å². The van der Waals surface area contributed by atoms with E-state index in [0.717, 1.165) is 15.9 Å². The molecule has 0 amide bonds. The van der Waals surface area contributed by atoms with Crippen LogP contribution in [0.25, 0.3) is 0 Å². The molecule has 0 saturated carbocycles. The summed E-state index contributed by atoms with van der Waals surface area (Å²) in [5.74, 6) is 0.140. The number of hydrogen-bond donors (Lipinski definition) is 1. The summed E-state index contributed by atoms with van der Waals surface area (Å²) in [5, 5.41) is 5.09. The smallest absolute Gasteiger partial charge is 0.193 e. The van der Waals surface area contributed by atoms with Gasteiger partial charge in [0.2, 0.25) is 0 Å². The largest absolute Gasteiger partial charge is 0.305 e. The van der Waals surface area contributed by atoms with Crippen molar-refractivity contribution in [3.05, 3.63) is 20.8 Å². The van der Waals surface area contributed by atoms with Crippen LogP contribution in [0.1, 0.15) is 30.4 Å². The van der Waals surface area contributed by atoms with Gasteiger partial charge in [0.15, 0.2) is 5.78 Å². The number of carbonyl (C=O) groups excluding carboxylic acids is 1. The molecule has 0 spiro atoms. The second-order valence-electron chi connectivity index (χ2n) is 3.58. The highest BCUT2D eigenvalue weighted by Gasteiger charge is 2.29. The summed E-state index contributed by atoms with van der Waals surface area (Å²) in [4.78, 5) is 12.8. The first kappa shape index (κ1) is 11.9. The maximum atomic E-state index is 12.1. The van der Waals surface area contributed by atoms with Crippen LogP contribution >= 0.6 is 27.3 Å². The van der Waals surface area contributed by atoms with Gasteiger partial charge in [-0.2, -0.15) is 0 Å². The summed E-state index contributed by atoms with van der Waals surface area (Å²) in [6.07, 6.45) is 0. The van der Waals surface area contributed by atoms with E-state index in [1.165, 1.54) is 11.3 Å². The zero-order valence-corrected chi connectivity index (χ0v) is 11.0. The molecular weight excluding hydrogens is 262 g/mol. The third-order valence-corrected chi connectivity index (χ3v) is 3.85. The summed E-state index contributed by atoms with van der Waals surface area (Å²) >= 11 is 4.85. The molecule has 0 saturated heterocycles. The van der Waals surface area contributed by atoms with Gasteiger partial charge in [0.25, 0.3) is 0 Å². The number of likely N-dealkylation sites (N-methyl/N-ethyl adjacent to an activating group) is 1. The second kappa shape index (κ2) is 4.55. The van der Waals surface area contributed by atoms with Gasteiger partial charge in [-0.15, -0.1) is 11.3 Å². The third kappa shape index (κ3) is 2.43. The zero-order valence-electron chi connectivity index (χ0n) is 8.56. The van der Waals surface area contributed by atoms with E-state index in [1.54, 1.807) is 0 Å². The van der Waals surface area contributed by atoms with Gasteiger partial charge in [-0.25, -0.2) is 0 Å². The van der Waals surface area contributed by atoms with Gasteiger partial charge in [-0.3, -0.25) is 4.79 Å². The molecule has 0 atom stereocenters. The molecule has 0 bridgehead atoms. The lowest BCUT2D eigenvalue weighted by atomic mass is 9.98. The number of ketones is 1. The second-order valence-corrected chi connectivity index (χ2v) is 5.35. The van der Waals surface area contributed by atoms with Crippen molar-refractivity contribution < 1.29 is 4.79 Å². The van der Waals surface area contributed by atoms with Crippen LogP contribution in [0.3, 0.4) is 0 Å². The summed E-state index contributed by atoms with van der Waals surface area (Å²) in [7, 11) is 0. The Labute approximate surface area is 96.8 Å². The Morgan fingerprint density at radius 1 is 1.64 bits per heavy atom. The molecule has 0 fully saturated rings. The Balaban J connectivity index is 2.90. The van der Waals surface area contributed by atoms with Crippen LogP contribution in [0, 0.1) is 0 Å². The number of rotatable bonds is 4. The van der Waals surface area contributed by atoms with Crippen molar-refractivity contribution in [3.8, 4) is 0 Å². The molecule has 0 aliphatic heterocycles. The van der Waals surface area contributed by atoms with Crippen LogP contribution in [-0.2, 0) is 0 Å². The monoisotopic (exact) mass is 275 g/mol. The van der Waals surface area contributed by atoms with Crippen LogP contribution in [-0.4, -0.2) is 17.9 Å². The third-order valence-electron chi connectivity index (χ3n) is 2.01. The number of halogens is 1. The van der Waals surface area contributed by atoms with Gasteiger partial charge < -0.3 is 5.32 Å². The quantitative estimate of drug-likeness (QED) is 0.856. The topological polar surface area (TPSA) is 29.1 Å². The van der Waals surface area contributed by atoms with Crippen molar-refractivity contribution in [3.63, 3.8) is 0 Å². The molecule has 1 N–H and O–H groups in total. The lowest BCUT2D eigenvalue weighted by molar-refractivity contribution is 0.0887. The van der Waals surface area contributed by atoms with E-state index >= 15 is 0 Å². The van der Waals surface area contributed by atoms with E-state index < -0.39 is 5.54 Å². The van der Waals surface area contributed by atoms with Crippen LogP contribution in [0.5, 0.6) is 0 Å². The highest BCUT2D eigenvalue weighted by atomic mass is 79.9. The van der Waals surface area contributed by atoms with Crippen LogP contribution < -0.4 is 5.32 Å². The molecule has 2 nitrogen and oxygen atoms in total. The summed E-state index contributed by atoms with van der Waals surface area (Å²) in [6.45, 7) is 6.61. The first-order chi connectivity index (χ1) is 6.49. The van der Waals surface area contributed by atoms with Crippen molar-refractivity contribution in [2.24, 2.45) is 0 Å². The minimum atomic E-state index is -0.484. The Bertz CT molecular complexity index is 333. The Hall–Kier alpha value is -0.190. The van der Waals surface area contributed by atoms with E-state index in [4.69, 9.17) is 0 Å². The molecule has 14 heavy (non-hydrogen) atoms. The predicted octanol–water partition coefficient (Wildman–Crippen LogP) is 3.08. The SMILES string of the molecule is CCNC(C)(C)C(=O)c1sccc1Br. The van der Waals surface area contributed by atoms with Crippen molar-refractivity contribution >= 4 is 33.0 Å². The average molecular weight is 276 g/mol. The van der Waals surface area contributed by atoms with E-state index in [1.807, 2.05) is 32.2 Å². The Morgan fingerprint density at radius 2 is 2.29 bits per heavy atom. The Morgan fingerprint density at radius 3 is 2.71 bits per heavy atom. The molecule has 1 aromatic heterocycles. The highest BCUT2D eigenvalue weighted by Crippen LogP contribution is 2.26. The maximum absolute atomic E-state index is 12.1. The minimum Gasteiger partial charge on any atom is -0.305 e. The number of nitrogens with one attached hydrogen (secondary N) is 1. The van der Waals surface area contributed by atoms with Crippen LogP contribution in [0.15, 0.2) is 15.9 Å². The first-order valence-electron chi connectivity index (χ1n) is 4.52. The maximum Gasteiger partial charge on any atom is 0.193 e. The summed E-state index contributed by atoms with van der Waals surface area (Å²) in [5.41, 5.74) is -0.484. The minimum absolute atomic E-state index is 0.140. The van der Waals surface area contributed by atoms with Crippen LogP contribution in [0.4, 0.5) is 0 Å².